The third kappa shape index (κ3) is 5.65. The molecule has 0 saturated carbocycles. The largest absolute Gasteiger partial charge is 0.496 e. The third-order valence-electron chi connectivity index (χ3n) is 6.17. The fourth-order valence-electron chi connectivity index (χ4n) is 4.62. The van der Waals surface area contributed by atoms with Gasteiger partial charge in [0, 0.05) is 40.3 Å². The first-order chi connectivity index (χ1) is 17.2. The number of halogens is 1. The van der Waals surface area contributed by atoms with Crippen LogP contribution in [0.5, 0.6) is 17.2 Å². The van der Waals surface area contributed by atoms with Crippen LogP contribution < -0.4 is 19.0 Å². The minimum Gasteiger partial charge on any atom is -0.496 e. The van der Waals surface area contributed by atoms with Crippen LogP contribution in [0.15, 0.2) is 54.6 Å². The Morgan fingerprint density at radius 3 is 2.50 bits per heavy atom. The number of methoxy groups -OCH3 is 1. The van der Waals surface area contributed by atoms with Crippen molar-refractivity contribution in [3.05, 3.63) is 77.1 Å². The van der Waals surface area contributed by atoms with Crippen LogP contribution in [-0.2, 0) is 6.61 Å². The van der Waals surface area contributed by atoms with E-state index in [2.05, 4.69) is 51.2 Å². The normalized spacial score (nSPS) is 13.9. The predicted octanol–water partition coefficient (Wildman–Crippen LogP) is 8.43. The quantitative estimate of drug-likeness (QED) is 0.232. The summed E-state index contributed by atoms with van der Waals surface area (Å²) in [6, 6.07) is 14.7. The van der Waals surface area contributed by atoms with Gasteiger partial charge < -0.3 is 19.0 Å². The lowest BCUT2D eigenvalue weighted by Gasteiger charge is -2.33. The molecule has 0 unspecified atom stereocenters. The van der Waals surface area contributed by atoms with Crippen LogP contribution in [0.3, 0.4) is 0 Å². The lowest BCUT2D eigenvalue weighted by Crippen LogP contribution is -2.32. The van der Waals surface area contributed by atoms with Gasteiger partial charge in [-0.1, -0.05) is 25.1 Å². The molecule has 1 heterocycles. The summed E-state index contributed by atoms with van der Waals surface area (Å²) in [4.78, 5) is 0. The maximum absolute atomic E-state index is 14.0. The molecular weight excluding hydrogens is 473 g/mol. The van der Waals surface area contributed by atoms with Crippen LogP contribution in [0.25, 0.3) is 16.7 Å². The second-order valence-electron chi connectivity index (χ2n) is 9.65. The van der Waals surface area contributed by atoms with Crippen LogP contribution in [0.1, 0.15) is 50.8 Å². The molecule has 0 aliphatic carbocycles. The van der Waals surface area contributed by atoms with Crippen LogP contribution in [0.4, 0.5) is 10.1 Å². The number of hydrogen-bond acceptors (Lipinski definition) is 5. The molecule has 0 amide bonds. The van der Waals surface area contributed by atoms with Crippen LogP contribution in [0.2, 0.25) is 0 Å². The first-order valence-corrected chi connectivity index (χ1v) is 13.1. The molecule has 4 nitrogen and oxygen atoms in total. The highest BCUT2D eigenvalue weighted by atomic mass is 32.2. The van der Waals surface area contributed by atoms with Gasteiger partial charge in [-0.15, -0.1) is 0 Å². The summed E-state index contributed by atoms with van der Waals surface area (Å²) in [5.41, 5.74) is 7.00. The summed E-state index contributed by atoms with van der Waals surface area (Å²) < 4.78 is 31.8. The SMILES string of the molecule is CCCSOc1ccc(-c2ccc3c(c2COc2cc(F)ccc2C)C(C)=CC(C)(C)N3)c(OC)c1. The van der Waals surface area contributed by atoms with E-state index in [-0.39, 0.29) is 18.0 Å². The van der Waals surface area contributed by atoms with Crippen molar-refractivity contribution < 1.29 is 18.0 Å². The maximum Gasteiger partial charge on any atom is 0.141 e. The van der Waals surface area contributed by atoms with Gasteiger partial charge in [-0.3, -0.25) is 0 Å². The van der Waals surface area contributed by atoms with Crippen LogP contribution in [-0.4, -0.2) is 18.4 Å². The summed E-state index contributed by atoms with van der Waals surface area (Å²) in [5, 5.41) is 3.62. The molecule has 36 heavy (non-hydrogen) atoms. The van der Waals surface area contributed by atoms with E-state index in [9.17, 15) is 4.39 Å². The molecule has 6 heteroatoms. The molecule has 0 aromatic heterocycles. The van der Waals surface area contributed by atoms with Gasteiger partial charge in [0.25, 0.3) is 0 Å². The van der Waals surface area contributed by atoms with Crippen molar-refractivity contribution in [3.63, 3.8) is 0 Å². The maximum atomic E-state index is 14.0. The molecule has 4 rings (SSSR count). The Bertz CT molecular complexity index is 1290. The van der Waals surface area contributed by atoms with E-state index in [0.717, 1.165) is 57.2 Å². The monoisotopic (exact) mass is 507 g/mol. The molecule has 0 saturated heterocycles. The summed E-state index contributed by atoms with van der Waals surface area (Å²) in [6.07, 6.45) is 3.27. The minimum absolute atomic E-state index is 0.164. The zero-order valence-electron chi connectivity index (χ0n) is 21.8. The lowest BCUT2D eigenvalue weighted by atomic mass is 9.85. The average molecular weight is 508 g/mol. The Balaban J connectivity index is 1.80. The number of benzene rings is 3. The van der Waals surface area contributed by atoms with Crippen molar-refractivity contribution in [2.75, 3.05) is 18.2 Å². The number of nitrogens with one attached hydrogen (secondary N) is 1. The zero-order valence-corrected chi connectivity index (χ0v) is 22.6. The van der Waals surface area contributed by atoms with Crippen molar-refractivity contribution in [3.8, 4) is 28.4 Å². The number of fused-ring (bicyclic) bond motifs is 1. The lowest BCUT2D eigenvalue weighted by molar-refractivity contribution is 0.302. The van der Waals surface area contributed by atoms with Gasteiger partial charge in [0.1, 0.15) is 29.7 Å². The molecule has 1 N–H and O–H groups in total. The number of rotatable bonds is 9. The standard InChI is InChI=1S/C30H34FNO3S/c1-7-14-36-35-22-10-11-24(28(16-22)33-6)23-12-13-26-29(20(3)17-30(4,5)32-26)25(23)18-34-27-15-21(31)9-8-19(27)2/h8-13,15-17,32H,7,14,18H2,1-6H3. The first-order valence-electron chi connectivity index (χ1n) is 12.2. The molecule has 1 aliphatic heterocycles. The van der Waals surface area contributed by atoms with Gasteiger partial charge in [-0.25, -0.2) is 4.39 Å². The fourth-order valence-corrected chi connectivity index (χ4v) is 5.11. The van der Waals surface area contributed by atoms with E-state index >= 15 is 0 Å². The van der Waals surface area contributed by atoms with Crippen molar-refractivity contribution >= 4 is 23.3 Å². The number of anilines is 1. The summed E-state index contributed by atoms with van der Waals surface area (Å²) in [6.45, 7) is 10.8. The smallest absolute Gasteiger partial charge is 0.141 e. The Labute approximate surface area is 218 Å². The van der Waals surface area contributed by atoms with Gasteiger partial charge in [-0.05, 0) is 75.1 Å². The first kappa shape index (κ1) is 26.0. The van der Waals surface area contributed by atoms with E-state index < -0.39 is 0 Å². The number of hydrogen-bond donors (Lipinski definition) is 1. The summed E-state index contributed by atoms with van der Waals surface area (Å²) in [5.74, 6) is 2.61. The average Bonchev–Trinajstić information content (AvgIpc) is 2.83. The molecule has 0 bridgehead atoms. The minimum atomic E-state index is -0.316. The second kappa shape index (κ2) is 10.9. The number of allylic oxidation sites excluding steroid dienone is 1. The molecule has 0 atom stereocenters. The van der Waals surface area contributed by atoms with E-state index in [1.165, 1.54) is 29.7 Å². The molecule has 0 radical (unpaired) electrons. The van der Waals surface area contributed by atoms with Gasteiger partial charge in [-0.2, -0.15) is 0 Å². The fraction of sp³-hybridized carbons (Fsp3) is 0.333. The van der Waals surface area contributed by atoms with Crippen LogP contribution >= 0.6 is 12.0 Å². The second-order valence-corrected chi connectivity index (χ2v) is 10.5. The van der Waals surface area contributed by atoms with Crippen molar-refractivity contribution in [1.82, 2.24) is 0 Å². The Hall–Kier alpha value is -3.12. The molecular formula is C30H34FNO3S. The summed E-state index contributed by atoms with van der Waals surface area (Å²) >= 11 is 1.44. The highest BCUT2D eigenvalue weighted by Crippen LogP contribution is 2.43. The molecule has 0 spiro atoms. The van der Waals surface area contributed by atoms with E-state index in [4.69, 9.17) is 13.7 Å². The van der Waals surface area contributed by atoms with E-state index in [1.54, 1.807) is 13.2 Å². The third-order valence-corrected chi connectivity index (χ3v) is 7.05. The summed E-state index contributed by atoms with van der Waals surface area (Å²) in [7, 11) is 1.67. The molecule has 3 aromatic carbocycles. The van der Waals surface area contributed by atoms with Crippen molar-refractivity contribution in [2.45, 2.75) is 53.2 Å². The van der Waals surface area contributed by atoms with Gasteiger partial charge >= 0.3 is 0 Å². The van der Waals surface area contributed by atoms with Gasteiger partial charge in [0.05, 0.1) is 24.7 Å². The molecule has 190 valence electrons. The Morgan fingerprint density at radius 2 is 1.75 bits per heavy atom. The molecule has 0 fully saturated rings. The number of aryl methyl sites for hydroxylation is 1. The van der Waals surface area contributed by atoms with Gasteiger partial charge in [0.15, 0.2) is 0 Å². The van der Waals surface area contributed by atoms with E-state index in [1.807, 2.05) is 25.1 Å². The molecule has 1 aliphatic rings. The van der Waals surface area contributed by atoms with Gasteiger partial charge in [0.2, 0.25) is 0 Å². The van der Waals surface area contributed by atoms with Crippen molar-refractivity contribution in [1.29, 1.82) is 0 Å². The number of ether oxygens (including phenoxy) is 2. The van der Waals surface area contributed by atoms with Crippen molar-refractivity contribution in [2.24, 2.45) is 0 Å². The molecule has 3 aromatic rings. The highest BCUT2D eigenvalue weighted by molar-refractivity contribution is 7.95. The van der Waals surface area contributed by atoms with Crippen LogP contribution in [0, 0.1) is 12.7 Å². The Morgan fingerprint density at radius 1 is 0.972 bits per heavy atom. The Kier molecular flexibility index (Phi) is 7.84. The predicted molar refractivity (Wildman–Crippen MR) is 149 cm³/mol. The topological polar surface area (TPSA) is 39.7 Å². The highest BCUT2D eigenvalue weighted by Gasteiger charge is 2.27. The zero-order chi connectivity index (χ0) is 25.9. The van der Waals surface area contributed by atoms with E-state index in [0.29, 0.717) is 5.75 Å².